The number of rotatable bonds is 5. The van der Waals surface area contributed by atoms with Gasteiger partial charge in [0.1, 0.15) is 0 Å². The zero-order valence-electron chi connectivity index (χ0n) is 12.0. The number of hydrogen-bond acceptors (Lipinski definition) is 5. The Hall–Kier alpha value is -2.31. The number of carboxylic acids is 1. The van der Waals surface area contributed by atoms with Gasteiger partial charge in [-0.05, 0) is 18.9 Å². The fourth-order valence-electron chi connectivity index (χ4n) is 2.72. The summed E-state index contributed by atoms with van der Waals surface area (Å²) >= 11 is 0. The molecule has 0 amide bonds. The third-order valence-corrected chi connectivity index (χ3v) is 4.21. The van der Waals surface area contributed by atoms with E-state index in [1.807, 2.05) is 11.8 Å². The average molecular weight is 294 g/mol. The monoisotopic (exact) mass is 294 g/mol. The van der Waals surface area contributed by atoms with Crippen molar-refractivity contribution in [3.63, 3.8) is 0 Å². The van der Waals surface area contributed by atoms with Crippen molar-refractivity contribution in [1.29, 1.82) is 0 Å². The molecular formula is C14H18N2O5. The summed E-state index contributed by atoms with van der Waals surface area (Å²) < 4.78 is 5.05. The van der Waals surface area contributed by atoms with E-state index in [0.717, 1.165) is 5.69 Å². The van der Waals surface area contributed by atoms with Crippen molar-refractivity contribution in [2.24, 2.45) is 5.41 Å². The molecule has 1 aromatic carbocycles. The van der Waals surface area contributed by atoms with E-state index in [1.54, 1.807) is 12.1 Å². The lowest BCUT2D eigenvalue weighted by molar-refractivity contribution is -0.385. The van der Waals surface area contributed by atoms with Crippen LogP contribution in [0.2, 0.25) is 0 Å². The van der Waals surface area contributed by atoms with Crippen LogP contribution in [0.1, 0.15) is 19.8 Å². The van der Waals surface area contributed by atoms with Gasteiger partial charge in [0.2, 0.25) is 0 Å². The van der Waals surface area contributed by atoms with Crippen LogP contribution < -0.4 is 9.64 Å². The van der Waals surface area contributed by atoms with Crippen molar-refractivity contribution in [3.05, 3.63) is 28.3 Å². The molecule has 114 valence electrons. The highest BCUT2D eigenvalue weighted by molar-refractivity contribution is 5.77. The summed E-state index contributed by atoms with van der Waals surface area (Å²) in [6, 6.07) is 4.61. The van der Waals surface area contributed by atoms with E-state index in [-0.39, 0.29) is 11.4 Å². The topological polar surface area (TPSA) is 92.9 Å². The van der Waals surface area contributed by atoms with E-state index in [0.29, 0.717) is 25.9 Å². The molecule has 0 saturated carbocycles. The van der Waals surface area contributed by atoms with Gasteiger partial charge in [-0.3, -0.25) is 14.9 Å². The van der Waals surface area contributed by atoms with Crippen LogP contribution in [0, 0.1) is 15.5 Å². The number of methoxy groups -OCH3 is 1. The maximum atomic E-state index is 11.5. The number of nitrogens with zero attached hydrogens (tertiary/aromatic N) is 2. The van der Waals surface area contributed by atoms with Crippen LogP contribution in [0.25, 0.3) is 0 Å². The molecule has 1 saturated heterocycles. The SMILES string of the molecule is CCC1(C(=O)O)CCN(c2ccc([N+](=O)[O-])c(OC)c2)C1. The maximum absolute atomic E-state index is 11.5. The molecule has 1 heterocycles. The molecule has 0 aliphatic carbocycles. The number of nitro groups is 1. The zero-order chi connectivity index (χ0) is 15.6. The molecular weight excluding hydrogens is 276 g/mol. The smallest absolute Gasteiger partial charge is 0.311 e. The standard InChI is InChI=1S/C14H18N2O5/c1-3-14(13(17)18)6-7-15(9-14)10-4-5-11(16(19)20)12(8-10)21-2/h4-5,8H,3,6-7,9H2,1-2H3,(H,17,18). The van der Waals surface area contributed by atoms with Crippen LogP contribution >= 0.6 is 0 Å². The fraction of sp³-hybridized carbons (Fsp3) is 0.500. The van der Waals surface area contributed by atoms with Crippen LogP contribution in [-0.2, 0) is 4.79 Å². The van der Waals surface area contributed by atoms with E-state index in [9.17, 15) is 20.0 Å². The quantitative estimate of drug-likeness (QED) is 0.661. The summed E-state index contributed by atoms with van der Waals surface area (Å²) in [5.74, 6) is -0.608. The molecule has 0 aromatic heterocycles. The molecule has 1 aliphatic heterocycles. The molecule has 21 heavy (non-hydrogen) atoms. The van der Waals surface area contributed by atoms with Crippen molar-refractivity contribution in [1.82, 2.24) is 0 Å². The van der Waals surface area contributed by atoms with Gasteiger partial charge in [0, 0.05) is 30.9 Å². The van der Waals surface area contributed by atoms with E-state index < -0.39 is 16.3 Å². The van der Waals surface area contributed by atoms with Gasteiger partial charge in [-0.2, -0.15) is 0 Å². The number of carbonyl (C=O) groups is 1. The second-order valence-electron chi connectivity index (χ2n) is 5.22. The molecule has 1 aliphatic rings. The highest BCUT2D eigenvalue weighted by Gasteiger charge is 2.43. The number of ether oxygens (including phenoxy) is 1. The van der Waals surface area contributed by atoms with Crippen molar-refractivity contribution >= 4 is 17.3 Å². The van der Waals surface area contributed by atoms with E-state index in [2.05, 4.69) is 0 Å². The third kappa shape index (κ3) is 2.63. The number of carboxylic acid groups (broad SMARTS) is 1. The minimum absolute atomic E-state index is 0.0968. The number of anilines is 1. The summed E-state index contributed by atoms with van der Waals surface area (Å²) in [4.78, 5) is 23.8. The number of nitro benzene ring substituents is 1. The van der Waals surface area contributed by atoms with Crippen LogP contribution in [0.5, 0.6) is 5.75 Å². The number of aliphatic carboxylic acids is 1. The van der Waals surface area contributed by atoms with Gasteiger partial charge < -0.3 is 14.7 Å². The van der Waals surface area contributed by atoms with Gasteiger partial charge in [-0.1, -0.05) is 6.92 Å². The number of benzene rings is 1. The van der Waals surface area contributed by atoms with Gasteiger partial charge in [0.05, 0.1) is 17.4 Å². The maximum Gasteiger partial charge on any atom is 0.311 e. The Bertz CT molecular complexity index is 574. The van der Waals surface area contributed by atoms with Gasteiger partial charge in [0.25, 0.3) is 0 Å². The fourth-order valence-corrected chi connectivity index (χ4v) is 2.72. The molecule has 1 atom stereocenters. The Balaban J connectivity index is 2.28. The lowest BCUT2D eigenvalue weighted by atomic mass is 9.84. The van der Waals surface area contributed by atoms with Crippen LogP contribution in [0.3, 0.4) is 0 Å². The van der Waals surface area contributed by atoms with Crippen molar-refractivity contribution < 1.29 is 19.6 Å². The van der Waals surface area contributed by atoms with Gasteiger partial charge in [0.15, 0.2) is 5.75 Å². The molecule has 1 aromatic rings. The van der Waals surface area contributed by atoms with Crippen LogP contribution in [0.15, 0.2) is 18.2 Å². The highest BCUT2D eigenvalue weighted by atomic mass is 16.6. The molecule has 2 rings (SSSR count). The van der Waals surface area contributed by atoms with Crippen LogP contribution in [-0.4, -0.2) is 36.2 Å². The minimum atomic E-state index is -0.790. The second kappa shape index (κ2) is 5.59. The van der Waals surface area contributed by atoms with Gasteiger partial charge in [-0.25, -0.2) is 0 Å². The molecule has 7 heteroatoms. The Morgan fingerprint density at radius 2 is 2.29 bits per heavy atom. The zero-order valence-corrected chi connectivity index (χ0v) is 12.0. The molecule has 7 nitrogen and oxygen atoms in total. The first-order valence-electron chi connectivity index (χ1n) is 6.74. The van der Waals surface area contributed by atoms with Crippen LogP contribution in [0.4, 0.5) is 11.4 Å². The second-order valence-corrected chi connectivity index (χ2v) is 5.22. The lowest BCUT2D eigenvalue weighted by Gasteiger charge is -2.24. The molecule has 0 spiro atoms. The molecule has 0 radical (unpaired) electrons. The van der Waals surface area contributed by atoms with E-state index in [4.69, 9.17) is 4.74 Å². The summed E-state index contributed by atoms with van der Waals surface area (Å²) in [6.07, 6.45) is 1.13. The van der Waals surface area contributed by atoms with E-state index >= 15 is 0 Å². The predicted molar refractivity (Wildman–Crippen MR) is 76.8 cm³/mol. The molecule has 1 unspecified atom stereocenters. The average Bonchev–Trinajstić information content (AvgIpc) is 2.92. The normalized spacial score (nSPS) is 21.3. The molecule has 1 N–H and O–H groups in total. The summed E-state index contributed by atoms with van der Waals surface area (Å²) in [6.45, 7) is 2.88. The Labute approximate surface area is 122 Å². The van der Waals surface area contributed by atoms with Gasteiger partial charge >= 0.3 is 11.7 Å². The van der Waals surface area contributed by atoms with Crippen molar-refractivity contribution in [2.45, 2.75) is 19.8 Å². The minimum Gasteiger partial charge on any atom is -0.490 e. The predicted octanol–water partition coefficient (Wildman–Crippen LogP) is 2.29. The Morgan fingerprint density at radius 3 is 2.76 bits per heavy atom. The van der Waals surface area contributed by atoms with Crippen molar-refractivity contribution in [3.8, 4) is 5.75 Å². The first kappa shape index (κ1) is 15.1. The third-order valence-electron chi connectivity index (χ3n) is 4.21. The Kier molecular flexibility index (Phi) is 4.02. The summed E-state index contributed by atoms with van der Waals surface area (Å²) in [5.41, 5.74) is -0.0934. The van der Waals surface area contributed by atoms with Gasteiger partial charge in [-0.15, -0.1) is 0 Å². The molecule has 1 fully saturated rings. The highest BCUT2D eigenvalue weighted by Crippen LogP contribution is 2.39. The first-order chi connectivity index (χ1) is 9.93. The number of hydrogen-bond donors (Lipinski definition) is 1. The largest absolute Gasteiger partial charge is 0.490 e. The molecule has 0 bridgehead atoms. The van der Waals surface area contributed by atoms with E-state index in [1.165, 1.54) is 13.2 Å². The Morgan fingerprint density at radius 1 is 1.57 bits per heavy atom. The first-order valence-corrected chi connectivity index (χ1v) is 6.74. The van der Waals surface area contributed by atoms with Crippen molar-refractivity contribution in [2.75, 3.05) is 25.1 Å². The lowest BCUT2D eigenvalue weighted by Crippen LogP contribution is -2.34. The summed E-state index contributed by atoms with van der Waals surface area (Å²) in [5, 5.41) is 20.3. The summed E-state index contributed by atoms with van der Waals surface area (Å²) in [7, 11) is 1.38.